The molecular weight excluding hydrogens is 310 g/mol. The van der Waals surface area contributed by atoms with Gasteiger partial charge in [0, 0.05) is 12.1 Å². The molecule has 0 radical (unpaired) electrons. The molecule has 1 atom stereocenters. The number of nitrogens with zero attached hydrogens (tertiary/aromatic N) is 1. The number of hydrogen-bond donors (Lipinski definition) is 2. The minimum atomic E-state index is -0.247. The van der Waals surface area contributed by atoms with Crippen LogP contribution in [0.2, 0.25) is 0 Å². The van der Waals surface area contributed by atoms with Crippen LogP contribution < -0.4 is 10.6 Å². The summed E-state index contributed by atoms with van der Waals surface area (Å²) in [4.78, 5) is 25.9. The van der Waals surface area contributed by atoms with Gasteiger partial charge in [0.2, 0.25) is 5.91 Å². The van der Waals surface area contributed by atoms with Gasteiger partial charge in [-0.2, -0.15) is 11.3 Å². The van der Waals surface area contributed by atoms with Gasteiger partial charge >= 0.3 is 0 Å². The molecule has 122 valence electrons. The lowest BCUT2D eigenvalue weighted by molar-refractivity contribution is -0.120. The Balaban J connectivity index is 1.79. The van der Waals surface area contributed by atoms with E-state index in [1.165, 1.54) is 5.56 Å². The van der Waals surface area contributed by atoms with Crippen molar-refractivity contribution in [2.24, 2.45) is 0 Å². The summed E-state index contributed by atoms with van der Waals surface area (Å²) in [7, 11) is 3.96. The zero-order valence-corrected chi connectivity index (χ0v) is 14.1. The minimum absolute atomic E-state index is 0.0302. The van der Waals surface area contributed by atoms with Crippen LogP contribution in [0.25, 0.3) is 0 Å². The quantitative estimate of drug-likeness (QED) is 0.814. The summed E-state index contributed by atoms with van der Waals surface area (Å²) in [5.41, 5.74) is 1.72. The number of carbonyl (C=O) groups excluding carboxylic acids is 2. The maximum absolute atomic E-state index is 11.9. The number of nitrogens with one attached hydrogen (secondary N) is 2. The van der Waals surface area contributed by atoms with E-state index in [-0.39, 0.29) is 24.4 Å². The molecule has 23 heavy (non-hydrogen) atoms. The Morgan fingerprint density at radius 3 is 2.48 bits per heavy atom. The molecule has 2 N–H and O–H groups in total. The monoisotopic (exact) mass is 331 g/mol. The molecule has 1 unspecified atom stereocenters. The second kappa shape index (κ2) is 8.45. The number of thiophene rings is 1. The maximum Gasteiger partial charge on any atom is 0.251 e. The van der Waals surface area contributed by atoms with E-state index in [1.807, 2.05) is 25.5 Å². The lowest BCUT2D eigenvalue weighted by atomic mass is 10.1. The Bertz CT molecular complexity index is 627. The lowest BCUT2D eigenvalue weighted by Crippen LogP contribution is -2.40. The van der Waals surface area contributed by atoms with E-state index in [2.05, 4.69) is 27.0 Å². The second-order valence-electron chi connectivity index (χ2n) is 5.39. The maximum atomic E-state index is 11.9. The molecule has 0 aliphatic heterocycles. The predicted molar refractivity (Wildman–Crippen MR) is 92.5 cm³/mol. The Labute approximate surface area is 140 Å². The third kappa shape index (κ3) is 5.19. The highest BCUT2D eigenvalue weighted by atomic mass is 32.1. The molecule has 6 heteroatoms. The number of amides is 2. The highest BCUT2D eigenvalue weighted by Gasteiger charge is 2.16. The number of rotatable bonds is 7. The van der Waals surface area contributed by atoms with E-state index in [9.17, 15) is 9.59 Å². The molecule has 2 amide bonds. The molecule has 0 spiro atoms. The molecule has 0 aliphatic carbocycles. The summed E-state index contributed by atoms with van der Waals surface area (Å²) in [6.07, 6.45) is 0. The van der Waals surface area contributed by atoms with Gasteiger partial charge in [-0.05, 0) is 48.6 Å². The van der Waals surface area contributed by atoms with Gasteiger partial charge < -0.3 is 15.5 Å². The zero-order chi connectivity index (χ0) is 16.7. The van der Waals surface area contributed by atoms with Crippen molar-refractivity contribution >= 4 is 23.2 Å². The molecule has 0 fully saturated rings. The van der Waals surface area contributed by atoms with E-state index in [1.54, 1.807) is 35.6 Å². The zero-order valence-electron chi connectivity index (χ0n) is 13.3. The summed E-state index contributed by atoms with van der Waals surface area (Å²) in [6, 6.07) is 11.0. The molecule has 2 rings (SSSR count). The summed E-state index contributed by atoms with van der Waals surface area (Å²) in [6.45, 7) is 0.473. The van der Waals surface area contributed by atoms with Crippen molar-refractivity contribution in [3.05, 3.63) is 58.3 Å². The topological polar surface area (TPSA) is 61.4 Å². The third-order valence-corrected chi connectivity index (χ3v) is 4.19. The van der Waals surface area contributed by atoms with Gasteiger partial charge in [-0.15, -0.1) is 0 Å². The molecule has 0 saturated carbocycles. The summed E-state index contributed by atoms with van der Waals surface area (Å²) >= 11 is 1.63. The third-order valence-electron chi connectivity index (χ3n) is 3.49. The fourth-order valence-electron chi connectivity index (χ4n) is 2.19. The van der Waals surface area contributed by atoms with Crippen LogP contribution in [0.15, 0.2) is 47.2 Å². The molecule has 2 aromatic rings. The standard InChI is InChI=1S/C17H21N3O2S/c1-20(2)15(14-8-9-23-12-14)10-18-16(21)11-19-17(22)13-6-4-3-5-7-13/h3-9,12,15H,10-11H2,1-2H3,(H,18,21)(H,19,22). The fraction of sp³-hybridized carbons (Fsp3) is 0.294. The molecular formula is C17H21N3O2S. The lowest BCUT2D eigenvalue weighted by Gasteiger charge is -2.24. The average Bonchev–Trinajstić information content (AvgIpc) is 3.07. The minimum Gasteiger partial charge on any atom is -0.353 e. The van der Waals surface area contributed by atoms with Crippen LogP contribution >= 0.6 is 11.3 Å². The molecule has 0 bridgehead atoms. The van der Waals surface area contributed by atoms with E-state index in [0.29, 0.717) is 12.1 Å². The molecule has 1 heterocycles. The van der Waals surface area contributed by atoms with Gasteiger partial charge in [0.05, 0.1) is 12.6 Å². The van der Waals surface area contributed by atoms with Crippen LogP contribution in [0, 0.1) is 0 Å². The van der Waals surface area contributed by atoms with Crippen molar-refractivity contribution in [2.45, 2.75) is 6.04 Å². The van der Waals surface area contributed by atoms with Crippen LogP contribution in [0.1, 0.15) is 22.0 Å². The molecule has 5 nitrogen and oxygen atoms in total. The first-order valence-corrected chi connectivity index (χ1v) is 8.30. The number of benzene rings is 1. The van der Waals surface area contributed by atoms with Gasteiger partial charge in [-0.25, -0.2) is 0 Å². The van der Waals surface area contributed by atoms with E-state index >= 15 is 0 Å². The highest BCUT2D eigenvalue weighted by molar-refractivity contribution is 7.07. The van der Waals surface area contributed by atoms with Crippen molar-refractivity contribution in [1.29, 1.82) is 0 Å². The molecule has 0 aliphatic rings. The first-order valence-electron chi connectivity index (χ1n) is 7.36. The Morgan fingerprint density at radius 2 is 1.87 bits per heavy atom. The molecule has 0 saturated heterocycles. The van der Waals surface area contributed by atoms with Crippen LogP contribution in [0.5, 0.6) is 0 Å². The van der Waals surface area contributed by atoms with E-state index in [0.717, 1.165) is 0 Å². The number of carbonyl (C=O) groups is 2. The predicted octanol–water partition coefficient (Wildman–Crippen LogP) is 1.90. The smallest absolute Gasteiger partial charge is 0.251 e. The van der Waals surface area contributed by atoms with Crippen molar-refractivity contribution in [1.82, 2.24) is 15.5 Å². The number of likely N-dealkylation sites (N-methyl/N-ethyl adjacent to an activating group) is 1. The van der Waals surface area contributed by atoms with Gasteiger partial charge in [0.15, 0.2) is 0 Å². The van der Waals surface area contributed by atoms with Crippen LogP contribution in [-0.4, -0.2) is 43.9 Å². The van der Waals surface area contributed by atoms with Gasteiger partial charge in [0.1, 0.15) is 0 Å². The van der Waals surface area contributed by atoms with Gasteiger partial charge in [-0.3, -0.25) is 9.59 Å². The second-order valence-corrected chi connectivity index (χ2v) is 6.17. The summed E-state index contributed by atoms with van der Waals surface area (Å²) in [5.74, 6) is -0.445. The Kier molecular flexibility index (Phi) is 6.31. The van der Waals surface area contributed by atoms with E-state index < -0.39 is 0 Å². The van der Waals surface area contributed by atoms with E-state index in [4.69, 9.17) is 0 Å². The SMILES string of the molecule is CN(C)C(CNC(=O)CNC(=O)c1ccccc1)c1ccsc1. The molecule has 1 aromatic heterocycles. The highest BCUT2D eigenvalue weighted by Crippen LogP contribution is 2.19. The van der Waals surface area contributed by atoms with Gasteiger partial charge in [0.25, 0.3) is 5.91 Å². The normalized spacial score (nSPS) is 12.0. The van der Waals surface area contributed by atoms with Crippen molar-refractivity contribution < 1.29 is 9.59 Å². The van der Waals surface area contributed by atoms with Crippen molar-refractivity contribution in [3.63, 3.8) is 0 Å². The summed E-state index contributed by atoms with van der Waals surface area (Å²) < 4.78 is 0. The first kappa shape index (κ1) is 17.2. The Morgan fingerprint density at radius 1 is 1.13 bits per heavy atom. The molecule has 1 aromatic carbocycles. The van der Waals surface area contributed by atoms with Gasteiger partial charge in [-0.1, -0.05) is 18.2 Å². The number of hydrogen-bond acceptors (Lipinski definition) is 4. The van der Waals surface area contributed by atoms with Crippen LogP contribution in [-0.2, 0) is 4.79 Å². The first-order chi connectivity index (χ1) is 11.1. The largest absolute Gasteiger partial charge is 0.353 e. The van der Waals surface area contributed by atoms with Crippen LogP contribution in [0.4, 0.5) is 0 Å². The Hall–Kier alpha value is -2.18. The fourth-order valence-corrected chi connectivity index (χ4v) is 2.90. The van der Waals surface area contributed by atoms with Crippen molar-refractivity contribution in [2.75, 3.05) is 27.2 Å². The average molecular weight is 331 g/mol. The van der Waals surface area contributed by atoms with Crippen LogP contribution in [0.3, 0.4) is 0 Å². The van der Waals surface area contributed by atoms with Crippen molar-refractivity contribution in [3.8, 4) is 0 Å². The summed E-state index contributed by atoms with van der Waals surface area (Å²) in [5, 5.41) is 9.59.